The van der Waals surface area contributed by atoms with E-state index in [4.69, 9.17) is 0 Å². The maximum atomic E-state index is 3.33. The van der Waals surface area contributed by atoms with Gasteiger partial charge in [-0.15, -0.1) is 0 Å². The summed E-state index contributed by atoms with van der Waals surface area (Å²) in [6.07, 6.45) is 1.38. The number of hydrogen-bond acceptors (Lipinski definition) is 2. The number of hydrogen-bond donors (Lipinski definition) is 1. The van der Waals surface area contributed by atoms with E-state index in [1.54, 1.807) is 0 Å². The SMILES string of the molecule is CCN(CCC1CNC1)CC(C)C. The minimum Gasteiger partial charge on any atom is -0.316 e. The van der Waals surface area contributed by atoms with Gasteiger partial charge in [-0.05, 0) is 44.4 Å². The van der Waals surface area contributed by atoms with E-state index >= 15 is 0 Å². The van der Waals surface area contributed by atoms with Gasteiger partial charge in [0.2, 0.25) is 0 Å². The first-order chi connectivity index (χ1) is 6.22. The minimum atomic E-state index is 0.805. The Morgan fingerprint density at radius 1 is 1.38 bits per heavy atom. The Hall–Kier alpha value is -0.0800. The topological polar surface area (TPSA) is 15.3 Å². The van der Waals surface area contributed by atoms with Crippen molar-refractivity contribution in [3.63, 3.8) is 0 Å². The fourth-order valence-electron chi connectivity index (χ4n) is 1.81. The molecule has 1 heterocycles. The van der Waals surface area contributed by atoms with E-state index in [2.05, 4.69) is 31.0 Å². The third-order valence-electron chi connectivity index (χ3n) is 2.79. The molecule has 1 fully saturated rings. The van der Waals surface area contributed by atoms with Gasteiger partial charge >= 0.3 is 0 Å². The van der Waals surface area contributed by atoms with Crippen LogP contribution in [0.5, 0.6) is 0 Å². The van der Waals surface area contributed by atoms with E-state index in [0.717, 1.165) is 11.8 Å². The molecule has 1 rings (SSSR count). The van der Waals surface area contributed by atoms with E-state index in [-0.39, 0.29) is 0 Å². The van der Waals surface area contributed by atoms with Crippen molar-refractivity contribution in [2.75, 3.05) is 32.7 Å². The summed E-state index contributed by atoms with van der Waals surface area (Å²) in [5, 5.41) is 3.33. The maximum absolute atomic E-state index is 3.33. The highest BCUT2D eigenvalue weighted by Crippen LogP contribution is 2.10. The second-order valence-corrected chi connectivity index (χ2v) is 4.60. The van der Waals surface area contributed by atoms with Gasteiger partial charge in [0.05, 0.1) is 0 Å². The van der Waals surface area contributed by atoms with Gasteiger partial charge in [-0.3, -0.25) is 0 Å². The first kappa shape index (κ1) is 11.0. The van der Waals surface area contributed by atoms with Gasteiger partial charge in [0.25, 0.3) is 0 Å². The van der Waals surface area contributed by atoms with Crippen molar-refractivity contribution in [3.05, 3.63) is 0 Å². The lowest BCUT2D eigenvalue weighted by atomic mass is 9.99. The molecule has 0 aromatic rings. The lowest BCUT2D eigenvalue weighted by Gasteiger charge is -2.30. The molecule has 0 atom stereocenters. The number of nitrogens with zero attached hydrogens (tertiary/aromatic N) is 1. The molecule has 13 heavy (non-hydrogen) atoms. The quantitative estimate of drug-likeness (QED) is 0.674. The van der Waals surface area contributed by atoms with Crippen LogP contribution in [0, 0.1) is 11.8 Å². The highest BCUT2D eigenvalue weighted by Gasteiger charge is 2.17. The molecular formula is C11H24N2. The maximum Gasteiger partial charge on any atom is 0.000427 e. The highest BCUT2D eigenvalue weighted by atomic mass is 15.1. The fraction of sp³-hybridized carbons (Fsp3) is 1.00. The van der Waals surface area contributed by atoms with E-state index in [0.29, 0.717) is 0 Å². The molecule has 2 heteroatoms. The fourth-order valence-corrected chi connectivity index (χ4v) is 1.81. The molecule has 0 bridgehead atoms. The number of rotatable bonds is 6. The molecule has 1 saturated heterocycles. The van der Waals surface area contributed by atoms with Crippen LogP contribution in [0.2, 0.25) is 0 Å². The Bertz CT molecular complexity index is 130. The molecule has 1 aliphatic rings. The van der Waals surface area contributed by atoms with Gasteiger partial charge in [0.15, 0.2) is 0 Å². The Kier molecular flexibility index (Phi) is 4.74. The third-order valence-corrected chi connectivity index (χ3v) is 2.79. The normalized spacial score (nSPS) is 18.2. The standard InChI is InChI=1S/C11H24N2/c1-4-13(9-10(2)3)6-5-11-7-12-8-11/h10-12H,4-9H2,1-3H3. The lowest BCUT2D eigenvalue weighted by molar-refractivity contribution is 0.216. The summed E-state index contributed by atoms with van der Waals surface area (Å²) >= 11 is 0. The van der Waals surface area contributed by atoms with E-state index in [1.807, 2.05) is 0 Å². The average Bonchev–Trinajstić information content (AvgIpc) is 1.99. The van der Waals surface area contributed by atoms with Crippen LogP contribution >= 0.6 is 0 Å². The zero-order chi connectivity index (χ0) is 9.68. The molecule has 0 aliphatic carbocycles. The molecule has 0 aromatic heterocycles. The zero-order valence-electron chi connectivity index (χ0n) is 9.34. The summed E-state index contributed by atoms with van der Waals surface area (Å²) in [5.41, 5.74) is 0. The second kappa shape index (κ2) is 5.61. The summed E-state index contributed by atoms with van der Waals surface area (Å²) < 4.78 is 0. The second-order valence-electron chi connectivity index (χ2n) is 4.60. The lowest BCUT2D eigenvalue weighted by Crippen LogP contribution is -2.43. The first-order valence-corrected chi connectivity index (χ1v) is 5.65. The van der Waals surface area contributed by atoms with Crippen molar-refractivity contribution < 1.29 is 0 Å². The predicted molar refractivity (Wildman–Crippen MR) is 57.9 cm³/mol. The first-order valence-electron chi connectivity index (χ1n) is 5.65. The highest BCUT2D eigenvalue weighted by molar-refractivity contribution is 4.75. The molecule has 0 spiro atoms. The predicted octanol–water partition coefficient (Wildman–Crippen LogP) is 1.57. The summed E-state index contributed by atoms with van der Waals surface area (Å²) in [6, 6.07) is 0. The van der Waals surface area contributed by atoms with Gasteiger partial charge in [-0.25, -0.2) is 0 Å². The molecule has 78 valence electrons. The zero-order valence-corrected chi connectivity index (χ0v) is 9.34. The molecular weight excluding hydrogens is 160 g/mol. The Balaban J connectivity index is 2.07. The summed E-state index contributed by atoms with van der Waals surface area (Å²) in [6.45, 7) is 13.1. The van der Waals surface area contributed by atoms with Gasteiger partial charge in [-0.2, -0.15) is 0 Å². The molecule has 1 aliphatic heterocycles. The van der Waals surface area contributed by atoms with Gasteiger partial charge < -0.3 is 10.2 Å². The van der Waals surface area contributed by atoms with E-state index < -0.39 is 0 Å². The van der Waals surface area contributed by atoms with Gasteiger partial charge in [-0.1, -0.05) is 20.8 Å². The van der Waals surface area contributed by atoms with Crippen molar-refractivity contribution in [1.29, 1.82) is 0 Å². The third kappa shape index (κ3) is 4.10. The monoisotopic (exact) mass is 184 g/mol. The Labute approximate surface area is 82.7 Å². The number of nitrogens with one attached hydrogen (secondary N) is 1. The average molecular weight is 184 g/mol. The summed E-state index contributed by atoms with van der Waals surface area (Å²) in [7, 11) is 0. The smallest absolute Gasteiger partial charge is 0.000427 e. The van der Waals surface area contributed by atoms with Crippen LogP contribution in [-0.4, -0.2) is 37.6 Å². The Morgan fingerprint density at radius 2 is 2.08 bits per heavy atom. The van der Waals surface area contributed by atoms with E-state index in [9.17, 15) is 0 Å². The molecule has 0 amide bonds. The van der Waals surface area contributed by atoms with Gasteiger partial charge in [0.1, 0.15) is 0 Å². The van der Waals surface area contributed by atoms with Crippen LogP contribution < -0.4 is 5.32 Å². The molecule has 0 aromatic carbocycles. The Morgan fingerprint density at radius 3 is 2.46 bits per heavy atom. The molecule has 2 nitrogen and oxygen atoms in total. The largest absolute Gasteiger partial charge is 0.316 e. The van der Waals surface area contributed by atoms with Crippen molar-refractivity contribution in [2.45, 2.75) is 27.2 Å². The van der Waals surface area contributed by atoms with Crippen molar-refractivity contribution >= 4 is 0 Å². The minimum absolute atomic E-state index is 0.805. The molecule has 0 radical (unpaired) electrons. The molecule has 0 unspecified atom stereocenters. The van der Waals surface area contributed by atoms with Crippen LogP contribution in [0.25, 0.3) is 0 Å². The summed E-state index contributed by atoms with van der Waals surface area (Å²) in [4.78, 5) is 2.57. The molecule has 0 saturated carbocycles. The van der Waals surface area contributed by atoms with Crippen LogP contribution in [0.3, 0.4) is 0 Å². The van der Waals surface area contributed by atoms with Crippen molar-refractivity contribution in [2.24, 2.45) is 11.8 Å². The van der Waals surface area contributed by atoms with Crippen LogP contribution in [-0.2, 0) is 0 Å². The van der Waals surface area contributed by atoms with Gasteiger partial charge in [0, 0.05) is 6.54 Å². The van der Waals surface area contributed by atoms with Crippen LogP contribution in [0.15, 0.2) is 0 Å². The molecule has 1 N–H and O–H groups in total. The van der Waals surface area contributed by atoms with Crippen molar-refractivity contribution in [1.82, 2.24) is 10.2 Å². The van der Waals surface area contributed by atoms with E-state index in [1.165, 1.54) is 39.1 Å². The summed E-state index contributed by atoms with van der Waals surface area (Å²) in [5.74, 6) is 1.76. The van der Waals surface area contributed by atoms with Crippen molar-refractivity contribution in [3.8, 4) is 0 Å². The van der Waals surface area contributed by atoms with Crippen LogP contribution in [0.1, 0.15) is 27.2 Å². The van der Waals surface area contributed by atoms with Crippen LogP contribution in [0.4, 0.5) is 0 Å².